The second-order valence-electron chi connectivity index (χ2n) is 8.04. The molecule has 0 fully saturated rings. The van der Waals surface area contributed by atoms with Crippen LogP contribution in [0.3, 0.4) is 0 Å². The molecule has 0 N–H and O–H groups in total. The highest BCUT2D eigenvalue weighted by atomic mass is 79.9. The molecule has 2 rings (SSSR count). The average Bonchev–Trinajstić information content (AvgIpc) is 2.85. The minimum atomic E-state index is -1.91. The third-order valence-corrected chi connectivity index (χ3v) is 10.5. The highest BCUT2D eigenvalue weighted by Gasteiger charge is 2.37. The molecule has 0 saturated carbocycles. The second kappa shape index (κ2) is 7.52. The van der Waals surface area contributed by atoms with Crippen molar-refractivity contribution in [2.24, 2.45) is 0 Å². The van der Waals surface area contributed by atoms with Crippen molar-refractivity contribution in [3.8, 4) is 11.3 Å². The first-order valence-electron chi connectivity index (χ1n) is 8.74. The highest BCUT2D eigenvalue weighted by molar-refractivity contribution is 9.10. The topological polar surface area (TPSA) is 27.1 Å². The van der Waals surface area contributed by atoms with Gasteiger partial charge in [0.1, 0.15) is 11.6 Å². The monoisotopic (exact) mass is 444 g/mol. The van der Waals surface area contributed by atoms with E-state index in [-0.39, 0.29) is 9.51 Å². The molecule has 144 valence electrons. The Bertz CT molecular complexity index is 790. The summed E-state index contributed by atoms with van der Waals surface area (Å²) in [7, 11) is -1.91. The molecule has 26 heavy (non-hydrogen) atoms. The van der Waals surface area contributed by atoms with Gasteiger partial charge in [-0.3, -0.25) is 4.68 Å². The number of nitrogens with zero attached hydrogens (tertiary/aromatic N) is 2. The largest absolute Gasteiger partial charge is 0.411 e. The van der Waals surface area contributed by atoms with E-state index >= 15 is 0 Å². The van der Waals surface area contributed by atoms with Gasteiger partial charge in [-0.05, 0) is 60.0 Å². The van der Waals surface area contributed by atoms with E-state index in [0.29, 0.717) is 18.7 Å². The van der Waals surface area contributed by atoms with E-state index in [4.69, 9.17) is 4.43 Å². The molecule has 0 aliphatic carbocycles. The lowest BCUT2D eigenvalue weighted by atomic mass is 10.1. The van der Waals surface area contributed by atoms with Gasteiger partial charge in [-0.1, -0.05) is 20.8 Å². The van der Waals surface area contributed by atoms with Gasteiger partial charge in [0.25, 0.3) is 0 Å². The first-order valence-corrected chi connectivity index (χ1v) is 12.4. The lowest BCUT2D eigenvalue weighted by Crippen LogP contribution is -2.40. The molecule has 2 aromatic rings. The Balaban J connectivity index is 2.42. The van der Waals surface area contributed by atoms with E-state index in [9.17, 15) is 8.78 Å². The maximum Gasteiger partial charge on any atom is 0.192 e. The van der Waals surface area contributed by atoms with Crippen molar-refractivity contribution in [2.75, 3.05) is 0 Å². The molecule has 0 unspecified atom stereocenters. The molecule has 0 spiro atoms. The summed E-state index contributed by atoms with van der Waals surface area (Å²) in [5, 5.41) is 4.73. The van der Waals surface area contributed by atoms with Crippen LogP contribution < -0.4 is 0 Å². The third kappa shape index (κ3) is 4.10. The number of aryl methyl sites for hydroxylation is 1. The summed E-state index contributed by atoms with van der Waals surface area (Å²) in [4.78, 5) is 0. The molecule has 0 aliphatic heterocycles. The molecule has 1 aromatic heterocycles. The standard InChI is InChI=1S/C19H27BrF2N2OSi/c1-8-24-18(13-9-14(21)17(20)15(22)10-13)12(2)16(23-24)11-25-26(6,7)19(3,4)5/h9-10H,8,11H2,1-7H3. The van der Waals surface area contributed by atoms with Gasteiger partial charge in [-0.2, -0.15) is 5.10 Å². The molecule has 0 bridgehead atoms. The normalized spacial score (nSPS) is 12.7. The number of benzene rings is 1. The quantitative estimate of drug-likeness (QED) is 0.391. The number of rotatable bonds is 5. The van der Waals surface area contributed by atoms with Crippen LogP contribution in [-0.4, -0.2) is 18.1 Å². The van der Waals surface area contributed by atoms with Crippen LogP contribution in [0.25, 0.3) is 11.3 Å². The lowest BCUT2D eigenvalue weighted by Gasteiger charge is -2.35. The van der Waals surface area contributed by atoms with Crippen molar-refractivity contribution in [3.63, 3.8) is 0 Å². The van der Waals surface area contributed by atoms with Crippen LogP contribution in [0.5, 0.6) is 0 Å². The molecule has 3 nitrogen and oxygen atoms in total. The van der Waals surface area contributed by atoms with Crippen molar-refractivity contribution in [3.05, 3.63) is 39.5 Å². The molecule has 7 heteroatoms. The SMILES string of the molecule is CCn1nc(CO[Si](C)(C)C(C)(C)C)c(C)c1-c1cc(F)c(Br)c(F)c1. The van der Waals surface area contributed by atoms with Gasteiger partial charge in [0, 0.05) is 17.7 Å². The minimum absolute atomic E-state index is 0.106. The van der Waals surface area contributed by atoms with E-state index in [2.05, 4.69) is 54.9 Å². The van der Waals surface area contributed by atoms with Gasteiger partial charge in [0.2, 0.25) is 0 Å². The molecule has 0 atom stereocenters. The Morgan fingerprint density at radius 2 is 1.73 bits per heavy atom. The summed E-state index contributed by atoms with van der Waals surface area (Å²) < 4.78 is 35.9. The first-order chi connectivity index (χ1) is 11.9. The molecular formula is C19H27BrF2N2OSi. The van der Waals surface area contributed by atoms with Crippen LogP contribution >= 0.6 is 15.9 Å². The van der Waals surface area contributed by atoms with Gasteiger partial charge in [-0.15, -0.1) is 0 Å². The predicted octanol–water partition coefficient (Wildman–Crippen LogP) is 6.44. The van der Waals surface area contributed by atoms with Crippen LogP contribution in [0, 0.1) is 18.6 Å². The minimum Gasteiger partial charge on any atom is -0.411 e. The van der Waals surface area contributed by atoms with Gasteiger partial charge in [-0.25, -0.2) is 8.78 Å². The number of hydrogen-bond acceptors (Lipinski definition) is 2. The van der Waals surface area contributed by atoms with Crippen LogP contribution in [0.1, 0.15) is 39.0 Å². The first kappa shape index (κ1) is 21.2. The summed E-state index contributed by atoms with van der Waals surface area (Å²) >= 11 is 2.92. The zero-order valence-electron chi connectivity index (χ0n) is 16.5. The third-order valence-electron chi connectivity index (χ3n) is 5.22. The van der Waals surface area contributed by atoms with Crippen LogP contribution in [0.2, 0.25) is 18.1 Å². The van der Waals surface area contributed by atoms with Crippen molar-refractivity contribution < 1.29 is 13.2 Å². The fourth-order valence-electron chi connectivity index (χ4n) is 2.49. The summed E-state index contributed by atoms with van der Waals surface area (Å²) in [6.07, 6.45) is 0. The predicted molar refractivity (Wildman–Crippen MR) is 108 cm³/mol. The molecule has 1 heterocycles. The molecule has 0 amide bonds. The van der Waals surface area contributed by atoms with E-state index in [1.54, 1.807) is 4.68 Å². The fraction of sp³-hybridized carbons (Fsp3) is 0.526. The zero-order valence-corrected chi connectivity index (χ0v) is 19.1. The summed E-state index contributed by atoms with van der Waals surface area (Å²) in [5.41, 5.74) is 2.92. The Kier molecular flexibility index (Phi) is 6.15. The maximum absolute atomic E-state index is 14.0. The van der Waals surface area contributed by atoms with Gasteiger partial charge in [0.05, 0.1) is 22.5 Å². The zero-order chi connectivity index (χ0) is 19.9. The van der Waals surface area contributed by atoms with E-state index < -0.39 is 20.0 Å². The smallest absolute Gasteiger partial charge is 0.192 e. The van der Waals surface area contributed by atoms with Gasteiger partial charge < -0.3 is 4.43 Å². The summed E-state index contributed by atoms with van der Waals surface area (Å²) in [6.45, 7) is 15.9. The molecular weight excluding hydrogens is 418 g/mol. The Morgan fingerprint density at radius 3 is 2.19 bits per heavy atom. The van der Waals surface area contributed by atoms with Crippen molar-refractivity contribution in [1.29, 1.82) is 0 Å². The number of hydrogen-bond donors (Lipinski definition) is 0. The average molecular weight is 445 g/mol. The lowest BCUT2D eigenvalue weighted by molar-refractivity contribution is 0.270. The Labute approximate surface area is 164 Å². The highest BCUT2D eigenvalue weighted by Crippen LogP contribution is 2.38. The second-order valence-corrected chi connectivity index (χ2v) is 13.6. The van der Waals surface area contributed by atoms with Crippen LogP contribution in [0.4, 0.5) is 8.78 Å². The fourth-order valence-corrected chi connectivity index (χ4v) is 3.65. The maximum atomic E-state index is 14.0. The van der Waals surface area contributed by atoms with Gasteiger partial charge in [0.15, 0.2) is 8.32 Å². The molecule has 1 aromatic carbocycles. The van der Waals surface area contributed by atoms with Crippen molar-refractivity contribution in [1.82, 2.24) is 9.78 Å². The van der Waals surface area contributed by atoms with Crippen molar-refractivity contribution >= 4 is 24.2 Å². The van der Waals surface area contributed by atoms with Crippen LogP contribution in [0.15, 0.2) is 16.6 Å². The van der Waals surface area contributed by atoms with Crippen LogP contribution in [-0.2, 0) is 17.6 Å². The molecule has 0 aliphatic rings. The summed E-state index contributed by atoms with van der Waals surface area (Å²) in [5.74, 6) is -1.25. The Morgan fingerprint density at radius 1 is 1.19 bits per heavy atom. The van der Waals surface area contributed by atoms with E-state index in [0.717, 1.165) is 17.0 Å². The van der Waals surface area contributed by atoms with Crippen molar-refractivity contribution in [2.45, 2.75) is 65.9 Å². The van der Waals surface area contributed by atoms with E-state index in [1.807, 2.05) is 13.8 Å². The molecule has 0 saturated heterocycles. The number of halogens is 3. The summed E-state index contributed by atoms with van der Waals surface area (Å²) in [6, 6.07) is 2.67. The van der Waals surface area contributed by atoms with E-state index in [1.165, 1.54) is 12.1 Å². The number of aromatic nitrogens is 2. The Hall–Kier alpha value is -1.05. The van der Waals surface area contributed by atoms with Gasteiger partial charge >= 0.3 is 0 Å². The molecule has 0 radical (unpaired) electrons.